The summed E-state index contributed by atoms with van der Waals surface area (Å²) in [5.41, 5.74) is 3.45. The second kappa shape index (κ2) is 8.93. The Morgan fingerprint density at radius 3 is 2.69 bits per heavy atom. The second-order valence-corrected chi connectivity index (χ2v) is 7.43. The van der Waals surface area contributed by atoms with Crippen molar-refractivity contribution in [2.75, 3.05) is 11.9 Å². The molecule has 0 aliphatic carbocycles. The van der Waals surface area contributed by atoms with E-state index < -0.39 is 0 Å². The highest BCUT2D eigenvalue weighted by Gasteiger charge is 2.17. The number of aromatic nitrogens is 3. The lowest BCUT2D eigenvalue weighted by Gasteiger charge is -2.08. The van der Waals surface area contributed by atoms with E-state index in [1.54, 1.807) is 12.3 Å². The molecule has 0 saturated carbocycles. The van der Waals surface area contributed by atoms with Crippen LogP contribution in [0.1, 0.15) is 43.4 Å². The van der Waals surface area contributed by atoms with Gasteiger partial charge >= 0.3 is 5.97 Å². The summed E-state index contributed by atoms with van der Waals surface area (Å²) in [4.78, 5) is 28.1. The van der Waals surface area contributed by atoms with Crippen LogP contribution in [0.4, 0.5) is 5.13 Å². The molecule has 0 aliphatic rings. The van der Waals surface area contributed by atoms with E-state index in [1.165, 1.54) is 11.3 Å². The molecule has 0 spiro atoms. The Morgan fingerprint density at radius 2 is 2.04 bits per heavy atom. The van der Waals surface area contributed by atoms with Crippen LogP contribution >= 0.6 is 11.3 Å². The number of thiazole rings is 1. The molecule has 0 atom stereocenters. The van der Waals surface area contributed by atoms with Crippen molar-refractivity contribution in [3.8, 4) is 0 Å². The van der Waals surface area contributed by atoms with E-state index in [9.17, 15) is 9.59 Å². The molecule has 8 heteroatoms. The van der Waals surface area contributed by atoms with Crippen LogP contribution in [0.15, 0.2) is 5.38 Å². The van der Waals surface area contributed by atoms with E-state index in [-0.39, 0.29) is 24.7 Å². The van der Waals surface area contributed by atoms with Gasteiger partial charge in [0.25, 0.3) is 0 Å². The predicted octanol–water partition coefficient (Wildman–Crippen LogP) is 2.90. The summed E-state index contributed by atoms with van der Waals surface area (Å²) in [6.07, 6.45) is 0.364. The number of nitrogens with one attached hydrogen (secondary N) is 1. The highest BCUT2D eigenvalue weighted by atomic mass is 32.1. The van der Waals surface area contributed by atoms with Crippen LogP contribution in [0.25, 0.3) is 0 Å². The summed E-state index contributed by atoms with van der Waals surface area (Å²) >= 11 is 1.30. The number of anilines is 1. The Morgan fingerprint density at radius 1 is 1.31 bits per heavy atom. The normalized spacial score (nSPS) is 11.0. The Labute approximate surface area is 157 Å². The molecule has 0 fully saturated rings. The zero-order valence-corrected chi connectivity index (χ0v) is 16.8. The van der Waals surface area contributed by atoms with Crippen molar-refractivity contribution < 1.29 is 14.3 Å². The first-order valence-corrected chi connectivity index (χ1v) is 9.60. The zero-order chi connectivity index (χ0) is 19.3. The zero-order valence-electron chi connectivity index (χ0n) is 16.0. The van der Waals surface area contributed by atoms with Crippen molar-refractivity contribution in [2.24, 2.45) is 5.92 Å². The summed E-state index contributed by atoms with van der Waals surface area (Å²) in [7, 11) is 0. The summed E-state index contributed by atoms with van der Waals surface area (Å²) in [5, 5.41) is 9.58. The number of carbonyl (C=O) groups excluding carboxylic acids is 2. The van der Waals surface area contributed by atoms with Crippen LogP contribution in [0, 0.1) is 19.8 Å². The molecule has 0 aromatic carbocycles. The fourth-order valence-electron chi connectivity index (χ4n) is 2.64. The molecule has 142 valence electrons. The highest BCUT2D eigenvalue weighted by Crippen LogP contribution is 2.19. The minimum atomic E-state index is -0.320. The van der Waals surface area contributed by atoms with Crippen LogP contribution < -0.4 is 5.32 Å². The van der Waals surface area contributed by atoms with Crippen molar-refractivity contribution in [3.63, 3.8) is 0 Å². The molecule has 0 aliphatic heterocycles. The number of hydrogen-bond donors (Lipinski definition) is 1. The monoisotopic (exact) mass is 378 g/mol. The second-order valence-electron chi connectivity index (χ2n) is 6.58. The molecule has 1 amide bonds. The Hall–Kier alpha value is -2.22. The molecule has 1 N–H and O–H groups in total. The van der Waals surface area contributed by atoms with Crippen LogP contribution in [-0.2, 0) is 33.7 Å². The number of carbonyl (C=O) groups is 2. The lowest BCUT2D eigenvalue weighted by atomic mass is 10.1. The van der Waals surface area contributed by atoms with Gasteiger partial charge in [-0.05, 0) is 26.7 Å². The lowest BCUT2D eigenvalue weighted by molar-refractivity contribution is -0.142. The number of ether oxygens (including phenoxy) is 1. The third-order valence-electron chi connectivity index (χ3n) is 3.84. The topological polar surface area (TPSA) is 86.1 Å². The smallest absolute Gasteiger partial charge is 0.311 e. The SMILES string of the molecule is CCOC(=O)Cc1csc(NC(=O)Cc2c(C)nn(CC(C)C)c2C)n1. The number of amides is 1. The molecule has 2 heterocycles. The van der Waals surface area contributed by atoms with E-state index in [0.29, 0.717) is 23.4 Å². The Bertz CT molecular complexity index is 779. The van der Waals surface area contributed by atoms with Gasteiger partial charge in [0.05, 0.1) is 30.8 Å². The minimum absolute atomic E-state index is 0.112. The van der Waals surface area contributed by atoms with Gasteiger partial charge in [-0.15, -0.1) is 11.3 Å². The molecule has 2 aromatic rings. The number of nitrogens with zero attached hydrogens (tertiary/aromatic N) is 3. The van der Waals surface area contributed by atoms with E-state index in [1.807, 2.05) is 18.5 Å². The van der Waals surface area contributed by atoms with Gasteiger partial charge in [-0.3, -0.25) is 14.3 Å². The van der Waals surface area contributed by atoms with Gasteiger partial charge in [0, 0.05) is 23.2 Å². The third-order valence-corrected chi connectivity index (χ3v) is 4.64. The predicted molar refractivity (Wildman–Crippen MR) is 101 cm³/mol. The fourth-order valence-corrected chi connectivity index (χ4v) is 3.37. The molecule has 7 nitrogen and oxygen atoms in total. The van der Waals surface area contributed by atoms with Crippen molar-refractivity contribution in [3.05, 3.63) is 28.0 Å². The molecule has 2 rings (SSSR count). The maximum Gasteiger partial charge on any atom is 0.311 e. The number of esters is 1. The molecular formula is C18H26N4O3S. The van der Waals surface area contributed by atoms with Gasteiger partial charge in [0.15, 0.2) is 5.13 Å². The quantitative estimate of drug-likeness (QED) is 0.714. The Balaban J connectivity index is 1.98. The summed E-state index contributed by atoms with van der Waals surface area (Å²) in [6, 6.07) is 0. The van der Waals surface area contributed by atoms with Gasteiger partial charge in [0.2, 0.25) is 5.91 Å². The van der Waals surface area contributed by atoms with Crippen LogP contribution in [-0.4, -0.2) is 33.2 Å². The van der Waals surface area contributed by atoms with Crippen molar-refractivity contribution in [1.29, 1.82) is 0 Å². The molecule has 0 saturated heterocycles. The first-order chi connectivity index (χ1) is 12.3. The molecule has 0 bridgehead atoms. The van der Waals surface area contributed by atoms with Gasteiger partial charge in [-0.2, -0.15) is 5.10 Å². The standard InChI is InChI=1S/C18H26N4O3S/c1-6-25-17(24)7-14-10-26-18(19-14)20-16(23)8-15-12(4)21-22(13(15)5)9-11(2)3/h10-11H,6-9H2,1-5H3,(H,19,20,23). The van der Waals surface area contributed by atoms with Crippen molar-refractivity contribution in [1.82, 2.24) is 14.8 Å². The highest BCUT2D eigenvalue weighted by molar-refractivity contribution is 7.13. The summed E-state index contributed by atoms with van der Waals surface area (Å²) < 4.78 is 6.86. The average molecular weight is 378 g/mol. The first kappa shape index (κ1) is 20.1. The molecule has 26 heavy (non-hydrogen) atoms. The number of aryl methyl sites for hydroxylation is 1. The van der Waals surface area contributed by atoms with E-state index in [0.717, 1.165) is 23.5 Å². The lowest BCUT2D eigenvalue weighted by Crippen LogP contribution is -2.16. The van der Waals surface area contributed by atoms with Crippen LogP contribution in [0.3, 0.4) is 0 Å². The van der Waals surface area contributed by atoms with E-state index in [2.05, 4.69) is 29.2 Å². The largest absolute Gasteiger partial charge is 0.466 e. The summed E-state index contributed by atoms with van der Waals surface area (Å²) in [6.45, 7) is 11.1. The molecule has 0 radical (unpaired) electrons. The van der Waals surface area contributed by atoms with Gasteiger partial charge in [-0.1, -0.05) is 13.8 Å². The number of hydrogen-bond acceptors (Lipinski definition) is 6. The van der Waals surface area contributed by atoms with E-state index >= 15 is 0 Å². The van der Waals surface area contributed by atoms with Crippen molar-refractivity contribution in [2.45, 2.75) is 54.0 Å². The maximum absolute atomic E-state index is 12.4. The third kappa shape index (κ3) is 5.39. The Kier molecular flexibility index (Phi) is 6.90. The molecule has 0 unspecified atom stereocenters. The van der Waals surface area contributed by atoms with Crippen LogP contribution in [0.2, 0.25) is 0 Å². The maximum atomic E-state index is 12.4. The fraction of sp³-hybridized carbons (Fsp3) is 0.556. The van der Waals surface area contributed by atoms with Gasteiger partial charge in [0.1, 0.15) is 0 Å². The van der Waals surface area contributed by atoms with Gasteiger partial charge < -0.3 is 10.1 Å². The minimum Gasteiger partial charge on any atom is -0.466 e. The summed E-state index contributed by atoms with van der Waals surface area (Å²) in [5.74, 6) is 0.0274. The number of rotatable bonds is 8. The molecular weight excluding hydrogens is 352 g/mol. The van der Waals surface area contributed by atoms with Crippen molar-refractivity contribution >= 4 is 28.3 Å². The van der Waals surface area contributed by atoms with Gasteiger partial charge in [-0.25, -0.2) is 4.98 Å². The first-order valence-electron chi connectivity index (χ1n) is 8.72. The average Bonchev–Trinajstić information content (AvgIpc) is 3.07. The van der Waals surface area contributed by atoms with Crippen LogP contribution in [0.5, 0.6) is 0 Å². The molecule has 2 aromatic heterocycles. The van der Waals surface area contributed by atoms with E-state index in [4.69, 9.17) is 4.74 Å².